The van der Waals surface area contributed by atoms with Gasteiger partial charge in [-0.15, -0.1) is 0 Å². The van der Waals surface area contributed by atoms with E-state index in [0.717, 1.165) is 22.3 Å². The predicted octanol–water partition coefficient (Wildman–Crippen LogP) is 6.47. The van der Waals surface area contributed by atoms with E-state index in [4.69, 9.17) is 9.15 Å². The zero-order valence-electron chi connectivity index (χ0n) is 25.3. The lowest BCUT2D eigenvalue weighted by molar-refractivity contribution is -0.137. The molecule has 0 saturated heterocycles. The Kier molecular flexibility index (Phi) is 8.71. The Bertz CT molecular complexity index is 1870. The van der Waals surface area contributed by atoms with Crippen molar-refractivity contribution >= 4 is 33.5 Å². The van der Waals surface area contributed by atoms with E-state index in [1.165, 1.54) is 11.4 Å². The predicted molar refractivity (Wildman–Crippen MR) is 169 cm³/mol. The highest BCUT2D eigenvalue weighted by Gasteiger charge is 2.38. The van der Waals surface area contributed by atoms with Crippen LogP contribution < -0.4 is 4.90 Å². The van der Waals surface area contributed by atoms with Crippen LogP contribution in [0.4, 0.5) is 5.69 Å². The van der Waals surface area contributed by atoms with Crippen molar-refractivity contribution in [3.8, 4) is 0 Å². The molecule has 0 spiro atoms. The van der Waals surface area contributed by atoms with E-state index in [-0.39, 0.29) is 29.3 Å². The minimum atomic E-state index is -3.88. The third kappa shape index (κ3) is 6.29. The summed E-state index contributed by atoms with van der Waals surface area (Å²) in [6.07, 6.45) is 1.56. The van der Waals surface area contributed by atoms with Crippen LogP contribution in [-0.4, -0.2) is 31.6 Å². The lowest BCUT2D eigenvalue weighted by Crippen LogP contribution is -2.30. The van der Waals surface area contributed by atoms with E-state index in [1.54, 1.807) is 54.3 Å². The van der Waals surface area contributed by atoms with Crippen LogP contribution in [0.25, 0.3) is 6.08 Å². The Morgan fingerprint density at radius 2 is 1.39 bits per heavy atom. The van der Waals surface area contributed by atoms with Gasteiger partial charge in [-0.1, -0.05) is 65.2 Å². The molecule has 0 fully saturated rings. The first-order valence-corrected chi connectivity index (χ1v) is 15.6. The number of Topliss-reactive ketones (excluding diaryl/α,β-unsaturated/α-hetero) is 1. The standard InChI is InChI=1S/C35H34N2O6S/c1-23-6-12-27(13-7-23)21-36(44(40,41)31-18-10-25(3)11-19-31)22-30-17-16-29(43-30)20-32-34(38)33(35(39)42-5)26(4)37(32)28-14-8-24(2)9-15-28/h6-20H,21-22H2,1-5H3/b32-20+. The second-order valence-electron chi connectivity index (χ2n) is 10.9. The lowest BCUT2D eigenvalue weighted by atomic mass is 10.1. The third-order valence-electron chi connectivity index (χ3n) is 7.51. The number of ether oxygens (including phenoxy) is 1. The van der Waals surface area contributed by atoms with E-state index >= 15 is 0 Å². The molecular formula is C35H34N2O6S. The Hall–Kier alpha value is -4.73. The fraction of sp³-hybridized carbons (Fsp3) is 0.200. The fourth-order valence-corrected chi connectivity index (χ4v) is 6.43. The van der Waals surface area contributed by atoms with Crippen molar-refractivity contribution in [2.45, 2.75) is 45.7 Å². The number of nitrogens with zero attached hydrogens (tertiary/aromatic N) is 2. The maximum atomic E-state index is 13.8. The van der Waals surface area contributed by atoms with Crippen LogP contribution >= 0.6 is 0 Å². The van der Waals surface area contributed by atoms with Crippen molar-refractivity contribution in [3.05, 3.63) is 136 Å². The minimum Gasteiger partial charge on any atom is -0.465 e. The molecule has 1 aliphatic heterocycles. The van der Waals surface area contributed by atoms with E-state index in [0.29, 0.717) is 22.9 Å². The molecule has 0 N–H and O–H groups in total. The van der Waals surface area contributed by atoms with Gasteiger partial charge in [0.05, 0.1) is 24.2 Å². The molecule has 0 radical (unpaired) electrons. The molecule has 0 unspecified atom stereocenters. The number of sulfonamides is 1. The second-order valence-corrected chi connectivity index (χ2v) is 12.8. The number of carbonyl (C=O) groups is 2. The quantitative estimate of drug-likeness (QED) is 0.122. The van der Waals surface area contributed by atoms with E-state index in [1.807, 2.05) is 69.3 Å². The molecule has 5 rings (SSSR count). The number of ketones is 1. The first-order valence-electron chi connectivity index (χ1n) is 14.1. The molecule has 0 bridgehead atoms. The van der Waals surface area contributed by atoms with Gasteiger partial charge in [0.25, 0.3) is 0 Å². The number of anilines is 1. The fourth-order valence-electron chi connectivity index (χ4n) is 5.03. The number of esters is 1. The normalized spacial score (nSPS) is 14.6. The van der Waals surface area contributed by atoms with Crippen LogP contribution in [0.2, 0.25) is 0 Å². The molecule has 0 amide bonds. The van der Waals surface area contributed by atoms with Crippen LogP contribution in [0.1, 0.15) is 40.7 Å². The van der Waals surface area contributed by atoms with Gasteiger partial charge in [-0.05, 0) is 69.7 Å². The second kappa shape index (κ2) is 12.5. The van der Waals surface area contributed by atoms with Gasteiger partial charge >= 0.3 is 5.97 Å². The van der Waals surface area contributed by atoms with Gasteiger partial charge in [0, 0.05) is 24.0 Å². The molecule has 1 aromatic heterocycles. The van der Waals surface area contributed by atoms with Crippen molar-refractivity contribution < 1.29 is 27.2 Å². The summed E-state index contributed by atoms with van der Waals surface area (Å²) in [6.45, 7) is 7.64. The van der Waals surface area contributed by atoms with Gasteiger partial charge < -0.3 is 14.1 Å². The van der Waals surface area contributed by atoms with Gasteiger partial charge in [-0.3, -0.25) is 4.79 Å². The largest absolute Gasteiger partial charge is 0.465 e. The zero-order chi connectivity index (χ0) is 31.6. The topological polar surface area (TPSA) is 97.1 Å². The monoisotopic (exact) mass is 610 g/mol. The van der Waals surface area contributed by atoms with Gasteiger partial charge in [0.1, 0.15) is 17.1 Å². The van der Waals surface area contributed by atoms with Crippen molar-refractivity contribution in [1.82, 2.24) is 4.31 Å². The Balaban J connectivity index is 1.49. The molecule has 3 aromatic carbocycles. The third-order valence-corrected chi connectivity index (χ3v) is 9.32. The first-order chi connectivity index (χ1) is 21.0. The summed E-state index contributed by atoms with van der Waals surface area (Å²) < 4.78 is 40.0. The highest BCUT2D eigenvalue weighted by Crippen LogP contribution is 2.36. The Morgan fingerprint density at radius 1 is 0.818 bits per heavy atom. The molecular weight excluding hydrogens is 576 g/mol. The number of carbonyl (C=O) groups excluding carboxylic acids is 2. The van der Waals surface area contributed by atoms with Crippen molar-refractivity contribution in [2.24, 2.45) is 0 Å². The van der Waals surface area contributed by atoms with Crippen LogP contribution in [0.5, 0.6) is 0 Å². The molecule has 9 heteroatoms. The number of rotatable bonds is 9. The van der Waals surface area contributed by atoms with E-state index in [9.17, 15) is 18.0 Å². The number of benzene rings is 3. The van der Waals surface area contributed by atoms with Crippen molar-refractivity contribution in [3.63, 3.8) is 0 Å². The molecule has 0 saturated carbocycles. The number of methoxy groups -OCH3 is 1. The SMILES string of the molecule is COC(=O)C1=C(C)N(c2ccc(C)cc2)/C(=C/c2ccc(CN(Cc3ccc(C)cc3)S(=O)(=O)c3ccc(C)cc3)o2)C1=O. The average molecular weight is 611 g/mol. The summed E-state index contributed by atoms with van der Waals surface area (Å²) in [5, 5.41) is 0. The Morgan fingerprint density at radius 3 is 1.98 bits per heavy atom. The van der Waals surface area contributed by atoms with Crippen molar-refractivity contribution in [1.29, 1.82) is 0 Å². The number of hydrogen-bond acceptors (Lipinski definition) is 7. The molecule has 4 aromatic rings. The van der Waals surface area contributed by atoms with E-state index < -0.39 is 21.8 Å². The van der Waals surface area contributed by atoms with Gasteiger partial charge in [-0.25, -0.2) is 13.2 Å². The number of furan rings is 1. The molecule has 226 valence electrons. The van der Waals surface area contributed by atoms with Crippen LogP contribution in [0, 0.1) is 20.8 Å². The summed E-state index contributed by atoms with van der Waals surface area (Å²) in [6, 6.07) is 25.4. The zero-order valence-corrected chi connectivity index (χ0v) is 26.1. The molecule has 0 atom stereocenters. The average Bonchev–Trinajstić information content (AvgIpc) is 3.54. The van der Waals surface area contributed by atoms with Crippen LogP contribution in [0.15, 0.2) is 111 Å². The van der Waals surface area contributed by atoms with Gasteiger partial charge in [0.2, 0.25) is 15.8 Å². The van der Waals surface area contributed by atoms with E-state index in [2.05, 4.69) is 0 Å². The first kappa shape index (κ1) is 30.7. The van der Waals surface area contributed by atoms with Crippen LogP contribution in [0.3, 0.4) is 0 Å². The molecule has 8 nitrogen and oxygen atoms in total. The number of allylic oxidation sites excluding steroid dienone is 2. The lowest BCUT2D eigenvalue weighted by Gasteiger charge is -2.22. The summed E-state index contributed by atoms with van der Waals surface area (Å²) in [5.41, 5.74) is 5.22. The summed E-state index contributed by atoms with van der Waals surface area (Å²) >= 11 is 0. The highest BCUT2D eigenvalue weighted by molar-refractivity contribution is 7.89. The minimum absolute atomic E-state index is 0.0342. The highest BCUT2D eigenvalue weighted by atomic mass is 32.2. The Labute approximate surface area is 257 Å². The van der Waals surface area contributed by atoms with Crippen LogP contribution in [-0.2, 0) is 37.4 Å². The smallest absolute Gasteiger partial charge is 0.343 e. The summed E-state index contributed by atoms with van der Waals surface area (Å²) in [4.78, 5) is 27.9. The van der Waals surface area contributed by atoms with Gasteiger partial charge in [-0.2, -0.15) is 4.31 Å². The summed E-state index contributed by atoms with van der Waals surface area (Å²) in [7, 11) is -2.65. The molecule has 1 aliphatic rings. The number of aryl methyl sites for hydroxylation is 3. The molecule has 2 heterocycles. The summed E-state index contributed by atoms with van der Waals surface area (Å²) in [5.74, 6) is -0.482. The van der Waals surface area contributed by atoms with Crippen molar-refractivity contribution in [2.75, 3.05) is 12.0 Å². The maximum absolute atomic E-state index is 13.8. The van der Waals surface area contributed by atoms with Gasteiger partial charge in [0.15, 0.2) is 0 Å². The maximum Gasteiger partial charge on any atom is 0.343 e. The molecule has 44 heavy (non-hydrogen) atoms. The number of hydrogen-bond donors (Lipinski definition) is 0. The molecule has 0 aliphatic carbocycles.